The number of carbonyl (C=O) groups is 1. The number of esters is 1. The number of carbonyl (C=O) groups excluding carboxylic acids is 1. The number of hydrogen-bond acceptors (Lipinski definition) is 4. The van der Waals surface area contributed by atoms with Crippen molar-refractivity contribution in [3.8, 4) is 0 Å². The summed E-state index contributed by atoms with van der Waals surface area (Å²) >= 11 is 0. The monoisotopic (exact) mass is 208 g/mol. The summed E-state index contributed by atoms with van der Waals surface area (Å²) in [7, 11) is 3.80. The molecule has 4 nitrogen and oxygen atoms in total. The second-order valence-corrected chi connectivity index (χ2v) is 3.30. The molecule has 0 heterocycles. The van der Waals surface area contributed by atoms with E-state index in [4.69, 9.17) is 4.74 Å². The van der Waals surface area contributed by atoms with Crippen LogP contribution in [0.5, 0.6) is 0 Å². The molecular formula is C11H16N2O2. The number of hydrogen-bond donors (Lipinski definition) is 1. The molecule has 0 unspecified atom stereocenters. The molecule has 15 heavy (non-hydrogen) atoms. The van der Waals surface area contributed by atoms with Gasteiger partial charge in [0.05, 0.1) is 12.2 Å². The Morgan fingerprint density at radius 2 is 1.93 bits per heavy atom. The van der Waals surface area contributed by atoms with Crippen LogP contribution in [0.2, 0.25) is 0 Å². The lowest BCUT2D eigenvalue weighted by Gasteiger charge is -2.13. The van der Waals surface area contributed by atoms with Gasteiger partial charge < -0.3 is 10.2 Å². The molecule has 82 valence electrons. The number of nitrogens with one attached hydrogen (secondary N) is 1. The summed E-state index contributed by atoms with van der Waals surface area (Å²) in [6, 6.07) is 7.16. The fourth-order valence-electron chi connectivity index (χ4n) is 1.15. The number of ether oxygens (including phenoxy) is 1. The molecule has 0 aromatic heterocycles. The largest absolute Gasteiger partial charge is 0.462 e. The molecule has 1 aromatic carbocycles. The Hall–Kier alpha value is -1.55. The molecule has 1 rings (SSSR count). The summed E-state index contributed by atoms with van der Waals surface area (Å²) in [6.07, 6.45) is 0. The van der Waals surface area contributed by atoms with Crippen molar-refractivity contribution in [2.24, 2.45) is 0 Å². The Morgan fingerprint density at radius 1 is 1.33 bits per heavy atom. The second kappa shape index (κ2) is 5.36. The van der Waals surface area contributed by atoms with Crippen LogP contribution in [0.25, 0.3) is 0 Å². The van der Waals surface area contributed by atoms with Gasteiger partial charge >= 0.3 is 5.97 Å². The molecule has 0 atom stereocenters. The van der Waals surface area contributed by atoms with Crippen molar-refractivity contribution in [1.29, 1.82) is 0 Å². The molecule has 0 saturated heterocycles. The summed E-state index contributed by atoms with van der Waals surface area (Å²) in [5.74, 6) is -0.283. The van der Waals surface area contributed by atoms with Crippen LogP contribution in [0.4, 0.5) is 5.69 Å². The molecule has 0 amide bonds. The van der Waals surface area contributed by atoms with Gasteiger partial charge in [-0.3, -0.25) is 0 Å². The highest BCUT2D eigenvalue weighted by molar-refractivity contribution is 5.89. The van der Waals surface area contributed by atoms with Crippen LogP contribution < -0.4 is 5.43 Å². The van der Waals surface area contributed by atoms with Gasteiger partial charge in [-0.05, 0) is 31.2 Å². The summed E-state index contributed by atoms with van der Waals surface area (Å²) in [4.78, 5) is 11.3. The van der Waals surface area contributed by atoms with Crippen LogP contribution >= 0.6 is 0 Å². The van der Waals surface area contributed by atoms with E-state index in [0.29, 0.717) is 12.2 Å². The van der Waals surface area contributed by atoms with E-state index in [-0.39, 0.29) is 5.97 Å². The van der Waals surface area contributed by atoms with E-state index in [0.717, 1.165) is 5.69 Å². The summed E-state index contributed by atoms with van der Waals surface area (Å²) in [5, 5.41) is 1.83. The number of rotatable bonds is 4. The Bertz CT molecular complexity index is 320. The highest BCUT2D eigenvalue weighted by atomic mass is 16.5. The normalized spacial score (nSPS) is 10.1. The van der Waals surface area contributed by atoms with Crippen molar-refractivity contribution in [2.45, 2.75) is 6.92 Å². The maximum Gasteiger partial charge on any atom is 0.338 e. The van der Waals surface area contributed by atoms with Gasteiger partial charge in [-0.1, -0.05) is 0 Å². The first-order chi connectivity index (χ1) is 7.13. The first-order valence-electron chi connectivity index (χ1n) is 4.84. The fourth-order valence-corrected chi connectivity index (χ4v) is 1.15. The van der Waals surface area contributed by atoms with Crippen LogP contribution in [0.3, 0.4) is 0 Å². The topological polar surface area (TPSA) is 41.6 Å². The van der Waals surface area contributed by atoms with Crippen LogP contribution in [-0.2, 0) is 4.74 Å². The van der Waals surface area contributed by atoms with E-state index in [1.54, 1.807) is 19.1 Å². The predicted molar refractivity (Wildman–Crippen MR) is 59.7 cm³/mol. The third-order valence-corrected chi connectivity index (χ3v) is 1.75. The average molecular weight is 208 g/mol. The zero-order valence-electron chi connectivity index (χ0n) is 9.28. The van der Waals surface area contributed by atoms with Crippen LogP contribution in [0.1, 0.15) is 17.3 Å². The highest BCUT2D eigenvalue weighted by Gasteiger charge is 2.05. The van der Waals surface area contributed by atoms with Gasteiger partial charge in [-0.25, -0.2) is 9.80 Å². The molecule has 0 aliphatic rings. The second-order valence-electron chi connectivity index (χ2n) is 3.30. The molecule has 0 radical (unpaired) electrons. The van der Waals surface area contributed by atoms with Gasteiger partial charge in [0, 0.05) is 19.8 Å². The Balaban J connectivity index is 2.67. The van der Waals surface area contributed by atoms with E-state index in [1.807, 2.05) is 31.2 Å². The number of nitrogens with zero attached hydrogens (tertiary/aromatic N) is 1. The van der Waals surface area contributed by atoms with E-state index >= 15 is 0 Å². The van der Waals surface area contributed by atoms with E-state index < -0.39 is 0 Å². The van der Waals surface area contributed by atoms with E-state index in [1.165, 1.54) is 0 Å². The maximum atomic E-state index is 11.3. The third-order valence-electron chi connectivity index (χ3n) is 1.75. The molecule has 0 fully saturated rings. The summed E-state index contributed by atoms with van der Waals surface area (Å²) in [6.45, 7) is 2.19. The van der Waals surface area contributed by atoms with Crippen molar-refractivity contribution in [2.75, 3.05) is 26.1 Å². The lowest BCUT2D eigenvalue weighted by atomic mass is 10.2. The SMILES string of the molecule is CCOC(=O)c1ccc(NN(C)C)cc1. The minimum atomic E-state index is -0.283. The smallest absolute Gasteiger partial charge is 0.338 e. The van der Waals surface area contributed by atoms with Crippen molar-refractivity contribution < 1.29 is 9.53 Å². The zero-order valence-corrected chi connectivity index (χ0v) is 9.28. The molecule has 1 N–H and O–H groups in total. The van der Waals surface area contributed by atoms with Gasteiger partial charge in [-0.15, -0.1) is 0 Å². The third kappa shape index (κ3) is 3.59. The van der Waals surface area contributed by atoms with Crippen molar-refractivity contribution in [3.63, 3.8) is 0 Å². The quantitative estimate of drug-likeness (QED) is 0.604. The van der Waals surface area contributed by atoms with E-state index in [2.05, 4.69) is 5.43 Å². The predicted octanol–water partition coefficient (Wildman–Crippen LogP) is 1.75. The Labute approximate surface area is 89.8 Å². The average Bonchev–Trinajstić information content (AvgIpc) is 2.18. The number of hydrazine groups is 1. The highest BCUT2D eigenvalue weighted by Crippen LogP contribution is 2.10. The molecule has 0 saturated carbocycles. The molecule has 1 aromatic rings. The van der Waals surface area contributed by atoms with Crippen LogP contribution in [0.15, 0.2) is 24.3 Å². The molecule has 4 heteroatoms. The Morgan fingerprint density at radius 3 is 2.40 bits per heavy atom. The van der Waals surface area contributed by atoms with Gasteiger partial charge in [0.2, 0.25) is 0 Å². The standard InChI is InChI=1S/C11H16N2O2/c1-4-15-11(14)9-5-7-10(8-6-9)12-13(2)3/h5-8,12H,4H2,1-3H3. The zero-order chi connectivity index (χ0) is 11.3. The number of benzene rings is 1. The molecule has 0 aliphatic carbocycles. The lowest BCUT2D eigenvalue weighted by Crippen LogP contribution is -2.19. The maximum absolute atomic E-state index is 11.3. The minimum Gasteiger partial charge on any atom is -0.462 e. The number of anilines is 1. The van der Waals surface area contributed by atoms with Crippen molar-refractivity contribution in [3.05, 3.63) is 29.8 Å². The van der Waals surface area contributed by atoms with Gasteiger partial charge in [0.25, 0.3) is 0 Å². The Kier molecular flexibility index (Phi) is 4.12. The fraction of sp³-hybridized carbons (Fsp3) is 0.364. The van der Waals surface area contributed by atoms with Gasteiger partial charge in [0.15, 0.2) is 0 Å². The minimum absolute atomic E-state index is 0.283. The van der Waals surface area contributed by atoms with Gasteiger partial charge in [0.1, 0.15) is 0 Å². The first-order valence-corrected chi connectivity index (χ1v) is 4.84. The van der Waals surface area contributed by atoms with Crippen molar-refractivity contribution in [1.82, 2.24) is 5.01 Å². The van der Waals surface area contributed by atoms with E-state index in [9.17, 15) is 4.79 Å². The molecule has 0 aliphatic heterocycles. The molecular weight excluding hydrogens is 192 g/mol. The van der Waals surface area contributed by atoms with Crippen LogP contribution in [0, 0.1) is 0 Å². The molecule has 0 bridgehead atoms. The molecule has 0 spiro atoms. The van der Waals surface area contributed by atoms with Gasteiger partial charge in [-0.2, -0.15) is 0 Å². The summed E-state index contributed by atoms with van der Waals surface area (Å²) in [5.41, 5.74) is 4.59. The lowest BCUT2D eigenvalue weighted by molar-refractivity contribution is 0.0526. The summed E-state index contributed by atoms with van der Waals surface area (Å²) < 4.78 is 4.88. The van der Waals surface area contributed by atoms with Crippen molar-refractivity contribution >= 4 is 11.7 Å². The van der Waals surface area contributed by atoms with Crippen LogP contribution in [-0.4, -0.2) is 31.7 Å². The first kappa shape index (κ1) is 11.5.